The first-order valence-corrected chi connectivity index (χ1v) is 9.87. The molecule has 0 saturated heterocycles. The number of ketones is 1. The van der Waals surface area contributed by atoms with Gasteiger partial charge in [-0.1, -0.05) is 45.9 Å². The fraction of sp³-hybridized carbons (Fsp3) is 0.0556. The van der Waals surface area contributed by atoms with Crippen LogP contribution in [0, 0.1) is 11.3 Å². The van der Waals surface area contributed by atoms with E-state index in [9.17, 15) is 14.9 Å². The highest BCUT2D eigenvalue weighted by molar-refractivity contribution is 9.10. The van der Waals surface area contributed by atoms with E-state index in [2.05, 4.69) is 27.0 Å². The van der Waals surface area contributed by atoms with E-state index in [0.29, 0.717) is 21.7 Å². The largest absolute Gasteiger partial charge is 0.315 e. The van der Waals surface area contributed by atoms with Crippen LogP contribution in [0.15, 0.2) is 62.1 Å². The van der Waals surface area contributed by atoms with E-state index >= 15 is 0 Å². The summed E-state index contributed by atoms with van der Waals surface area (Å²) >= 11 is 5.93. The number of nitrogens with one attached hydrogen (secondary N) is 1. The molecule has 0 aliphatic rings. The monoisotopic (exact) mass is 430 g/mol. The summed E-state index contributed by atoms with van der Waals surface area (Å²) in [6.45, 7) is 0. The Morgan fingerprint density at radius 1 is 1.28 bits per heavy atom. The normalized spacial score (nSPS) is 10.4. The molecule has 0 radical (unpaired) electrons. The third kappa shape index (κ3) is 4.10. The quantitative estimate of drug-likeness (QED) is 0.469. The van der Waals surface area contributed by atoms with E-state index < -0.39 is 0 Å². The zero-order valence-corrected chi connectivity index (χ0v) is 16.0. The lowest BCUT2D eigenvalue weighted by molar-refractivity contribution is 0.102. The summed E-state index contributed by atoms with van der Waals surface area (Å²) in [6.07, 6.45) is 0. The molecule has 0 aliphatic heterocycles. The van der Waals surface area contributed by atoms with Crippen molar-refractivity contribution in [3.63, 3.8) is 0 Å². The minimum Gasteiger partial charge on any atom is -0.315 e. The van der Waals surface area contributed by atoms with Crippen molar-refractivity contribution in [3.8, 4) is 16.5 Å². The maximum atomic E-state index is 12.3. The van der Waals surface area contributed by atoms with Crippen molar-refractivity contribution in [3.05, 3.63) is 73.8 Å². The minimum atomic E-state index is -0.264. The molecule has 25 heavy (non-hydrogen) atoms. The number of benzene rings is 1. The van der Waals surface area contributed by atoms with E-state index in [1.807, 2.05) is 17.5 Å². The second-order valence-corrected chi connectivity index (χ2v) is 7.91. The van der Waals surface area contributed by atoms with Crippen molar-refractivity contribution in [2.45, 2.75) is 5.03 Å². The molecule has 0 spiro atoms. The number of nitrogens with zero attached hydrogens (tertiary/aromatic N) is 1. The smallest absolute Gasteiger partial charge is 0.257 e. The topological polar surface area (TPSA) is 73.7 Å². The highest BCUT2D eigenvalue weighted by atomic mass is 79.9. The molecular weight excluding hydrogens is 420 g/mol. The highest BCUT2D eigenvalue weighted by Gasteiger charge is 2.13. The Morgan fingerprint density at radius 3 is 2.68 bits per heavy atom. The molecule has 0 amide bonds. The van der Waals surface area contributed by atoms with Crippen LogP contribution >= 0.6 is 39.0 Å². The number of aromatic nitrogens is 1. The molecule has 0 atom stereocenters. The van der Waals surface area contributed by atoms with Crippen LogP contribution in [-0.4, -0.2) is 16.5 Å². The van der Waals surface area contributed by atoms with Crippen molar-refractivity contribution < 1.29 is 4.79 Å². The fourth-order valence-corrected chi connectivity index (χ4v) is 4.05. The van der Waals surface area contributed by atoms with Gasteiger partial charge in [0.2, 0.25) is 0 Å². The molecule has 3 rings (SSSR count). The number of carbonyl (C=O) groups excluding carboxylic acids is 1. The average molecular weight is 431 g/mol. The van der Waals surface area contributed by atoms with Gasteiger partial charge in [0.25, 0.3) is 5.56 Å². The molecule has 0 bridgehead atoms. The van der Waals surface area contributed by atoms with Crippen LogP contribution in [0.3, 0.4) is 0 Å². The number of hydrogen-bond donors (Lipinski definition) is 1. The van der Waals surface area contributed by atoms with Gasteiger partial charge in [-0.2, -0.15) is 5.26 Å². The van der Waals surface area contributed by atoms with Crippen LogP contribution in [0.2, 0.25) is 0 Å². The minimum absolute atomic E-state index is 0.0652. The standard InChI is InChI=1S/C18H11BrN2O2S2/c19-13-5-3-11(4-6-13)15(22)10-25-18-12(9-20)8-14(17(23)21-18)16-2-1-7-24-16/h1-8H,10H2,(H,21,23). The number of nitriles is 1. The number of thiophene rings is 1. The second-order valence-electron chi connectivity index (χ2n) is 5.06. The Morgan fingerprint density at radius 2 is 2.04 bits per heavy atom. The molecule has 1 aromatic carbocycles. The van der Waals surface area contributed by atoms with Crippen LogP contribution in [0.5, 0.6) is 0 Å². The second kappa shape index (κ2) is 7.83. The summed E-state index contributed by atoms with van der Waals surface area (Å²) in [7, 11) is 0. The average Bonchev–Trinajstić information content (AvgIpc) is 3.14. The van der Waals surface area contributed by atoms with Gasteiger partial charge >= 0.3 is 0 Å². The number of carbonyl (C=O) groups is 1. The SMILES string of the molecule is N#Cc1cc(-c2cccs2)c(=O)[nH]c1SCC(=O)c1ccc(Br)cc1. The van der Waals surface area contributed by atoms with Gasteiger partial charge in [-0.3, -0.25) is 9.59 Å². The number of thioether (sulfide) groups is 1. The maximum Gasteiger partial charge on any atom is 0.257 e. The zero-order chi connectivity index (χ0) is 17.8. The van der Waals surface area contributed by atoms with E-state index in [0.717, 1.165) is 21.1 Å². The Labute approximate surface area is 160 Å². The van der Waals surface area contributed by atoms with Crippen molar-refractivity contribution in [2.24, 2.45) is 0 Å². The van der Waals surface area contributed by atoms with Gasteiger partial charge in [0.05, 0.1) is 21.9 Å². The van der Waals surface area contributed by atoms with E-state index in [-0.39, 0.29) is 17.1 Å². The Bertz CT molecular complexity index is 1000. The molecule has 0 saturated carbocycles. The third-order valence-corrected chi connectivity index (χ3v) is 5.87. The molecule has 124 valence electrons. The molecule has 3 aromatic rings. The van der Waals surface area contributed by atoms with Crippen LogP contribution in [0.1, 0.15) is 15.9 Å². The van der Waals surface area contributed by atoms with E-state index in [1.165, 1.54) is 11.3 Å². The van der Waals surface area contributed by atoms with Gasteiger partial charge in [0.15, 0.2) is 5.78 Å². The summed E-state index contributed by atoms with van der Waals surface area (Å²) in [4.78, 5) is 28.1. The predicted molar refractivity (Wildman–Crippen MR) is 104 cm³/mol. The van der Waals surface area contributed by atoms with Gasteiger partial charge in [-0.05, 0) is 29.6 Å². The molecule has 0 unspecified atom stereocenters. The van der Waals surface area contributed by atoms with Crippen molar-refractivity contribution in [1.29, 1.82) is 5.26 Å². The lowest BCUT2D eigenvalue weighted by atomic mass is 10.2. The first-order chi connectivity index (χ1) is 12.1. The molecule has 0 fully saturated rings. The summed E-state index contributed by atoms with van der Waals surface area (Å²) in [5.74, 6) is 0.0782. The zero-order valence-electron chi connectivity index (χ0n) is 12.8. The lowest BCUT2D eigenvalue weighted by Gasteiger charge is -2.06. The van der Waals surface area contributed by atoms with Crippen molar-refractivity contribution in [2.75, 3.05) is 5.75 Å². The summed E-state index contributed by atoms with van der Waals surface area (Å²) in [6, 6.07) is 14.4. The molecule has 7 heteroatoms. The van der Waals surface area contributed by atoms with E-state index in [1.54, 1.807) is 30.3 Å². The van der Waals surface area contributed by atoms with Crippen LogP contribution in [0.25, 0.3) is 10.4 Å². The van der Waals surface area contributed by atoms with Gasteiger partial charge in [-0.15, -0.1) is 11.3 Å². The number of H-pyrrole nitrogens is 1. The van der Waals surface area contributed by atoms with Gasteiger partial charge < -0.3 is 4.98 Å². The molecule has 4 nitrogen and oxygen atoms in total. The van der Waals surface area contributed by atoms with Crippen LogP contribution in [0.4, 0.5) is 0 Å². The van der Waals surface area contributed by atoms with Crippen LogP contribution in [-0.2, 0) is 0 Å². The van der Waals surface area contributed by atoms with Gasteiger partial charge in [-0.25, -0.2) is 0 Å². The molecule has 1 N–H and O–H groups in total. The molecular formula is C18H11BrN2O2S2. The number of halogens is 1. The number of pyridine rings is 1. The van der Waals surface area contributed by atoms with E-state index in [4.69, 9.17) is 0 Å². The van der Waals surface area contributed by atoms with Crippen molar-refractivity contribution >= 4 is 44.8 Å². The first-order valence-electron chi connectivity index (χ1n) is 7.21. The van der Waals surface area contributed by atoms with Gasteiger partial charge in [0.1, 0.15) is 6.07 Å². The molecule has 2 aromatic heterocycles. The summed E-state index contributed by atoms with van der Waals surface area (Å²) < 4.78 is 0.900. The predicted octanol–water partition coefficient (Wildman–Crippen LogP) is 4.71. The number of rotatable bonds is 5. The Kier molecular flexibility index (Phi) is 5.53. The van der Waals surface area contributed by atoms with Gasteiger partial charge in [0, 0.05) is 14.9 Å². The first kappa shape index (κ1) is 17.7. The maximum absolute atomic E-state index is 12.3. The highest BCUT2D eigenvalue weighted by Crippen LogP contribution is 2.26. The summed E-state index contributed by atoms with van der Waals surface area (Å²) in [5, 5.41) is 11.7. The molecule has 2 heterocycles. The summed E-state index contributed by atoms with van der Waals surface area (Å²) in [5.41, 5.74) is 1.15. The number of aromatic amines is 1. The number of Topliss-reactive ketones (excluding diaryl/α,β-unsaturated/α-hetero) is 1. The lowest BCUT2D eigenvalue weighted by Crippen LogP contribution is -2.11. The van der Waals surface area contributed by atoms with Crippen molar-refractivity contribution in [1.82, 2.24) is 4.98 Å². The Balaban J connectivity index is 1.82. The molecule has 0 aliphatic carbocycles. The number of hydrogen-bond acceptors (Lipinski definition) is 5. The third-order valence-electron chi connectivity index (χ3n) is 3.43. The van der Waals surface area contributed by atoms with Crippen LogP contribution < -0.4 is 5.56 Å². The Hall–Kier alpha value is -2.14. The fourth-order valence-electron chi connectivity index (χ4n) is 2.18.